The van der Waals surface area contributed by atoms with E-state index in [1.807, 2.05) is 76.4 Å². The summed E-state index contributed by atoms with van der Waals surface area (Å²) in [4.78, 5) is 0. The zero-order valence-electron chi connectivity index (χ0n) is 18.2. The summed E-state index contributed by atoms with van der Waals surface area (Å²) in [5.74, 6) is 0.445. The quantitative estimate of drug-likeness (QED) is 0.217. The number of rotatable bonds is 7. The van der Waals surface area contributed by atoms with Crippen molar-refractivity contribution in [2.75, 3.05) is 0 Å². The summed E-state index contributed by atoms with van der Waals surface area (Å²) >= 11 is 0. The number of hydrogen-bond donors (Lipinski definition) is 0. The first-order valence-electron chi connectivity index (χ1n) is 10.4. The number of allylic oxidation sites excluding steroid dienone is 1. The maximum absolute atomic E-state index is 4.18. The van der Waals surface area contributed by atoms with Crippen LogP contribution in [0.15, 0.2) is 43.0 Å². The monoisotopic (exact) mass is 464 g/mol. The Morgan fingerprint density at radius 2 is 1.24 bits per heavy atom. The number of unbranched alkanes of at least 4 members (excludes halogenated alkanes) is 3. The average Bonchev–Trinajstić information content (AvgIpc) is 3.51. The summed E-state index contributed by atoms with van der Waals surface area (Å²) in [7, 11) is 0. The zero-order chi connectivity index (χ0) is 20.7. The van der Waals surface area contributed by atoms with Crippen LogP contribution in [0.1, 0.15) is 56.9 Å². The normalized spacial score (nSPS) is 15.3. The molecule has 0 N–H and O–H groups in total. The molecule has 0 aromatic heterocycles. The molecule has 0 spiro atoms. The van der Waals surface area contributed by atoms with Crippen molar-refractivity contribution in [3.63, 3.8) is 0 Å². The standard InChI is InChI=1S/C14H19.2C5H5.C4H9.Zr/c1-3-4-5-7-10-13(2)14-11-8-6-9-12-14;2*1-2-4-5-3-1;1-3-4-2;/h3,6,8-9,11-13H,1-2,4-5,7,10H2;2*1-5H;1,3-4H2,2H3;/q-1;;;-1;+2. The Bertz CT molecular complexity index is 376. The summed E-state index contributed by atoms with van der Waals surface area (Å²) in [5, 5.41) is 0. The molecule has 154 valence electrons. The van der Waals surface area contributed by atoms with Crippen LogP contribution >= 0.6 is 0 Å². The molecule has 0 nitrogen and oxygen atoms in total. The minimum atomic E-state index is 0. The van der Waals surface area contributed by atoms with Gasteiger partial charge in [-0.05, 0) is 77.0 Å². The summed E-state index contributed by atoms with van der Waals surface area (Å²) in [5.41, 5.74) is 1.35. The topological polar surface area (TPSA) is 0 Å². The summed E-state index contributed by atoms with van der Waals surface area (Å²) in [6, 6.07) is 10.5. The van der Waals surface area contributed by atoms with Crippen molar-refractivity contribution >= 4 is 0 Å². The molecule has 2 fully saturated rings. The van der Waals surface area contributed by atoms with Gasteiger partial charge in [0.15, 0.2) is 0 Å². The molecule has 29 heavy (non-hydrogen) atoms. The minimum absolute atomic E-state index is 0. The predicted molar refractivity (Wildman–Crippen MR) is 126 cm³/mol. The van der Waals surface area contributed by atoms with Crippen molar-refractivity contribution in [1.29, 1.82) is 0 Å². The van der Waals surface area contributed by atoms with Gasteiger partial charge in [0.2, 0.25) is 0 Å². The van der Waals surface area contributed by atoms with E-state index >= 15 is 0 Å². The Morgan fingerprint density at radius 1 is 0.828 bits per heavy atom. The molecule has 1 atom stereocenters. The van der Waals surface area contributed by atoms with E-state index in [0.29, 0.717) is 5.92 Å². The van der Waals surface area contributed by atoms with Crippen molar-refractivity contribution < 1.29 is 26.2 Å². The van der Waals surface area contributed by atoms with Gasteiger partial charge in [-0.3, -0.25) is 0 Å². The van der Waals surface area contributed by atoms with Crippen LogP contribution < -0.4 is 0 Å². The van der Waals surface area contributed by atoms with Gasteiger partial charge < -0.3 is 13.8 Å². The largest absolute Gasteiger partial charge is 2.00 e. The van der Waals surface area contributed by atoms with Gasteiger partial charge in [-0.25, -0.2) is 0 Å². The molecule has 2 saturated carbocycles. The van der Waals surface area contributed by atoms with Gasteiger partial charge >= 0.3 is 26.2 Å². The molecule has 1 aromatic rings. The number of hydrogen-bond acceptors (Lipinski definition) is 0. The molecule has 0 saturated heterocycles. The van der Waals surface area contributed by atoms with Crippen LogP contribution in [0.4, 0.5) is 0 Å². The first kappa shape index (κ1) is 31.0. The van der Waals surface area contributed by atoms with Crippen molar-refractivity contribution in [2.24, 2.45) is 0 Å². The average molecular weight is 466 g/mol. The van der Waals surface area contributed by atoms with E-state index in [1.165, 1.54) is 31.2 Å². The molecular weight excluding hydrogens is 428 g/mol. The second-order valence-corrected chi connectivity index (χ2v) is 6.46. The maximum Gasteiger partial charge on any atom is 2.00 e. The van der Waals surface area contributed by atoms with Gasteiger partial charge in [0, 0.05) is 0 Å². The van der Waals surface area contributed by atoms with Crippen LogP contribution in [0.3, 0.4) is 0 Å². The molecule has 2 aliphatic rings. The predicted octanol–water partition coefficient (Wildman–Crippen LogP) is 8.01. The van der Waals surface area contributed by atoms with Gasteiger partial charge in [-0.15, -0.1) is 12.5 Å². The molecule has 0 amide bonds. The first-order valence-corrected chi connectivity index (χ1v) is 10.4. The van der Waals surface area contributed by atoms with Crippen molar-refractivity contribution in [1.82, 2.24) is 0 Å². The van der Waals surface area contributed by atoms with Crippen LogP contribution in [0.5, 0.6) is 0 Å². The summed E-state index contributed by atoms with van der Waals surface area (Å²) in [6.07, 6.45) is 29.1. The fraction of sp³-hybridized carbons (Fsp3) is 0.286. The molecule has 0 aliphatic heterocycles. The van der Waals surface area contributed by atoms with E-state index < -0.39 is 0 Å². The van der Waals surface area contributed by atoms with Gasteiger partial charge in [0.1, 0.15) is 0 Å². The maximum atomic E-state index is 4.18. The zero-order valence-corrected chi connectivity index (χ0v) is 20.6. The molecular formula is C28H38Zr. The summed E-state index contributed by atoms with van der Waals surface area (Å²) < 4.78 is 0. The molecule has 1 unspecified atom stereocenters. The Labute approximate surface area is 203 Å². The van der Waals surface area contributed by atoms with Crippen molar-refractivity contribution in [3.05, 3.63) is 127 Å². The van der Waals surface area contributed by atoms with Gasteiger partial charge in [0.05, 0.1) is 0 Å². The molecule has 1 heteroatoms. The van der Waals surface area contributed by atoms with Gasteiger partial charge in [0.25, 0.3) is 0 Å². The van der Waals surface area contributed by atoms with Crippen molar-refractivity contribution in [3.8, 4) is 0 Å². The van der Waals surface area contributed by atoms with Crippen LogP contribution in [0.25, 0.3) is 0 Å². The van der Waals surface area contributed by atoms with Crippen LogP contribution in [0, 0.1) is 78.1 Å². The number of benzene rings is 1. The van der Waals surface area contributed by atoms with E-state index in [2.05, 4.69) is 51.6 Å². The summed E-state index contributed by atoms with van der Waals surface area (Å²) in [6.45, 7) is 13.6. The Morgan fingerprint density at radius 3 is 1.59 bits per heavy atom. The third kappa shape index (κ3) is 22.4. The second-order valence-electron chi connectivity index (χ2n) is 6.46. The van der Waals surface area contributed by atoms with Crippen molar-refractivity contribution in [2.45, 2.75) is 51.4 Å². The van der Waals surface area contributed by atoms with E-state index in [4.69, 9.17) is 0 Å². The SMILES string of the molecule is C=CCCCCC([CH2-])c1ccccc1.[CH2-]CCC.[CH]1[CH][CH][CH][CH]1.[CH]1[CH][CH][CH][CH]1.[Zr+2]. The Hall–Kier alpha value is -0.157. The van der Waals surface area contributed by atoms with E-state index in [0.717, 1.165) is 12.8 Å². The Kier molecular flexibility index (Phi) is 27.7. The molecule has 0 bridgehead atoms. The molecule has 10 radical (unpaired) electrons. The van der Waals surface area contributed by atoms with Crippen LogP contribution in [-0.2, 0) is 26.2 Å². The van der Waals surface area contributed by atoms with Crippen LogP contribution in [0.2, 0.25) is 0 Å². The Balaban J connectivity index is 0. The first-order chi connectivity index (χ1) is 13.8. The molecule has 2 aliphatic carbocycles. The van der Waals surface area contributed by atoms with E-state index in [-0.39, 0.29) is 26.2 Å². The molecule has 3 rings (SSSR count). The van der Waals surface area contributed by atoms with Crippen LogP contribution in [-0.4, -0.2) is 0 Å². The fourth-order valence-corrected chi connectivity index (χ4v) is 2.21. The van der Waals surface area contributed by atoms with Gasteiger partial charge in [-0.2, -0.15) is 6.42 Å². The van der Waals surface area contributed by atoms with Gasteiger partial charge in [-0.1, -0.05) is 68.2 Å². The third-order valence-corrected chi connectivity index (χ3v) is 3.95. The van der Waals surface area contributed by atoms with E-state index in [1.54, 1.807) is 0 Å². The second kappa shape index (κ2) is 25.9. The van der Waals surface area contributed by atoms with E-state index in [9.17, 15) is 0 Å². The smallest absolute Gasteiger partial charge is 0.343 e. The molecule has 0 heterocycles. The fourth-order valence-electron chi connectivity index (χ4n) is 2.21. The third-order valence-electron chi connectivity index (χ3n) is 3.95. The molecule has 1 aromatic carbocycles. The minimum Gasteiger partial charge on any atom is -0.343 e.